The lowest BCUT2D eigenvalue weighted by molar-refractivity contribution is -0.113. The molecule has 156 valence electrons. The molecule has 0 saturated carbocycles. The fourth-order valence-corrected chi connectivity index (χ4v) is 2.93. The molecule has 1 aromatic carbocycles. The maximum Gasteiger partial charge on any atom is 0.337 e. The van der Waals surface area contributed by atoms with Crippen molar-refractivity contribution in [3.05, 3.63) is 41.0 Å². The van der Waals surface area contributed by atoms with E-state index in [0.29, 0.717) is 16.5 Å². The van der Waals surface area contributed by atoms with Crippen LogP contribution in [0.1, 0.15) is 10.4 Å². The zero-order valence-corrected chi connectivity index (χ0v) is 16.9. The number of halogens is 1. The van der Waals surface area contributed by atoms with E-state index in [9.17, 15) is 14.7 Å². The minimum absolute atomic E-state index is 0.0289. The van der Waals surface area contributed by atoms with Crippen LogP contribution < -0.4 is 14.8 Å². The number of aliphatic hydroxyl groups is 2. The SMILES string of the molecule is COc1cc(OC[C@@H](O)CO)c(Cl)cc1NC(=O)CSc1ccc(C(=O)O)cn1. The van der Waals surface area contributed by atoms with E-state index in [2.05, 4.69) is 10.3 Å². The van der Waals surface area contributed by atoms with Crippen molar-refractivity contribution in [3.8, 4) is 11.5 Å². The van der Waals surface area contributed by atoms with Gasteiger partial charge in [0.15, 0.2) is 0 Å². The van der Waals surface area contributed by atoms with Crippen LogP contribution in [0.2, 0.25) is 5.02 Å². The largest absolute Gasteiger partial charge is 0.494 e. The second-order valence-corrected chi connectivity index (χ2v) is 7.06. The lowest BCUT2D eigenvalue weighted by Gasteiger charge is -2.15. The van der Waals surface area contributed by atoms with Gasteiger partial charge >= 0.3 is 5.97 Å². The summed E-state index contributed by atoms with van der Waals surface area (Å²) in [6.07, 6.45) is 0.171. The summed E-state index contributed by atoms with van der Waals surface area (Å²) in [6, 6.07) is 5.83. The van der Waals surface area contributed by atoms with Gasteiger partial charge in [-0.2, -0.15) is 0 Å². The second kappa shape index (κ2) is 10.9. The zero-order chi connectivity index (χ0) is 21.4. The van der Waals surface area contributed by atoms with Crippen LogP contribution in [0.3, 0.4) is 0 Å². The number of nitrogens with one attached hydrogen (secondary N) is 1. The van der Waals surface area contributed by atoms with Crippen LogP contribution in [0.15, 0.2) is 35.5 Å². The van der Waals surface area contributed by atoms with Gasteiger partial charge < -0.3 is 30.1 Å². The Hall–Kier alpha value is -2.53. The van der Waals surface area contributed by atoms with E-state index in [1.165, 1.54) is 37.6 Å². The van der Waals surface area contributed by atoms with Crippen molar-refractivity contribution in [1.82, 2.24) is 4.98 Å². The average Bonchev–Trinajstić information content (AvgIpc) is 2.71. The van der Waals surface area contributed by atoms with Gasteiger partial charge in [-0.3, -0.25) is 4.79 Å². The summed E-state index contributed by atoms with van der Waals surface area (Å²) in [7, 11) is 1.41. The summed E-state index contributed by atoms with van der Waals surface area (Å²) in [5.74, 6) is -0.871. The van der Waals surface area contributed by atoms with E-state index < -0.39 is 18.7 Å². The van der Waals surface area contributed by atoms with Crippen LogP contribution >= 0.6 is 23.4 Å². The number of hydrogen-bond donors (Lipinski definition) is 4. The van der Waals surface area contributed by atoms with Crippen molar-refractivity contribution >= 4 is 40.9 Å². The Balaban J connectivity index is 1.99. The van der Waals surface area contributed by atoms with Gasteiger partial charge in [-0.25, -0.2) is 9.78 Å². The topological polar surface area (TPSA) is 138 Å². The first-order valence-electron chi connectivity index (χ1n) is 8.25. The van der Waals surface area contributed by atoms with Gasteiger partial charge in [0.2, 0.25) is 5.91 Å². The van der Waals surface area contributed by atoms with Gasteiger partial charge in [-0.15, -0.1) is 0 Å². The Morgan fingerprint density at radius 2 is 2.07 bits per heavy atom. The fraction of sp³-hybridized carbons (Fsp3) is 0.278. The van der Waals surface area contributed by atoms with E-state index >= 15 is 0 Å². The number of aliphatic hydroxyl groups excluding tert-OH is 2. The molecular formula is C18H19ClN2O7S. The van der Waals surface area contributed by atoms with E-state index in [1.807, 2.05) is 0 Å². The van der Waals surface area contributed by atoms with Gasteiger partial charge in [0.1, 0.15) is 24.2 Å². The molecule has 0 bridgehead atoms. The van der Waals surface area contributed by atoms with Crippen molar-refractivity contribution in [2.24, 2.45) is 0 Å². The van der Waals surface area contributed by atoms with E-state index in [-0.39, 0.29) is 34.6 Å². The molecule has 1 atom stereocenters. The maximum atomic E-state index is 12.2. The number of thioether (sulfide) groups is 1. The molecule has 0 aliphatic rings. The summed E-state index contributed by atoms with van der Waals surface area (Å²) < 4.78 is 10.6. The van der Waals surface area contributed by atoms with Gasteiger partial charge in [-0.05, 0) is 18.2 Å². The molecule has 0 fully saturated rings. The highest BCUT2D eigenvalue weighted by Gasteiger charge is 2.15. The molecule has 0 aliphatic heterocycles. The lowest BCUT2D eigenvalue weighted by Crippen LogP contribution is -2.21. The van der Waals surface area contributed by atoms with Crippen LogP contribution in [0.25, 0.3) is 0 Å². The number of carboxylic acids is 1. The normalized spacial score (nSPS) is 11.6. The number of aromatic carboxylic acids is 1. The van der Waals surface area contributed by atoms with Crippen molar-refractivity contribution in [2.75, 3.05) is 31.4 Å². The average molecular weight is 443 g/mol. The number of carboxylic acid groups (broad SMARTS) is 1. The molecule has 9 nitrogen and oxygen atoms in total. The first-order chi connectivity index (χ1) is 13.8. The summed E-state index contributed by atoms with van der Waals surface area (Å²) in [6.45, 7) is -0.607. The Bertz CT molecular complexity index is 864. The Labute approximate surface area is 175 Å². The second-order valence-electron chi connectivity index (χ2n) is 5.66. The number of aromatic nitrogens is 1. The summed E-state index contributed by atoms with van der Waals surface area (Å²) in [4.78, 5) is 27.0. The first-order valence-corrected chi connectivity index (χ1v) is 9.61. The Morgan fingerprint density at radius 3 is 2.66 bits per heavy atom. The minimum Gasteiger partial charge on any atom is -0.494 e. The standard InChI is InChI=1S/C18H19ClN2O7S/c1-27-15-5-14(28-8-11(23)7-22)12(19)4-13(15)21-16(24)9-29-17-3-2-10(6-20-17)18(25)26/h2-6,11,22-23H,7-9H2,1H3,(H,21,24)(H,25,26)/t11-/m0/s1. The van der Waals surface area contributed by atoms with Gasteiger partial charge in [0.05, 0.1) is 40.8 Å². The number of anilines is 1. The fourth-order valence-electron chi connectivity index (χ4n) is 2.07. The number of hydrogen-bond acceptors (Lipinski definition) is 8. The van der Waals surface area contributed by atoms with E-state index in [0.717, 1.165) is 11.8 Å². The molecule has 0 spiro atoms. The first kappa shape index (κ1) is 22.8. The molecule has 0 unspecified atom stereocenters. The molecule has 0 saturated heterocycles. The predicted molar refractivity (Wildman–Crippen MR) is 107 cm³/mol. The molecule has 4 N–H and O–H groups in total. The maximum absolute atomic E-state index is 12.2. The predicted octanol–water partition coefficient (Wildman–Crippen LogP) is 1.90. The van der Waals surface area contributed by atoms with Crippen molar-refractivity contribution in [1.29, 1.82) is 0 Å². The minimum atomic E-state index is -1.07. The molecule has 2 rings (SSSR count). The Morgan fingerprint density at radius 1 is 1.31 bits per heavy atom. The number of ether oxygens (including phenoxy) is 2. The van der Waals surface area contributed by atoms with Crippen LogP contribution in [0.4, 0.5) is 5.69 Å². The number of methoxy groups -OCH3 is 1. The van der Waals surface area contributed by atoms with Gasteiger partial charge in [0.25, 0.3) is 0 Å². The van der Waals surface area contributed by atoms with Crippen molar-refractivity contribution in [3.63, 3.8) is 0 Å². The molecule has 29 heavy (non-hydrogen) atoms. The van der Waals surface area contributed by atoms with Crippen LogP contribution in [0, 0.1) is 0 Å². The van der Waals surface area contributed by atoms with Gasteiger partial charge in [-0.1, -0.05) is 23.4 Å². The number of benzene rings is 1. The number of carbonyl (C=O) groups excluding carboxylic acids is 1. The number of nitrogens with zero attached hydrogens (tertiary/aromatic N) is 1. The molecule has 1 amide bonds. The van der Waals surface area contributed by atoms with Gasteiger partial charge in [0, 0.05) is 12.3 Å². The number of pyridine rings is 1. The zero-order valence-electron chi connectivity index (χ0n) is 15.3. The van der Waals surface area contributed by atoms with Crippen LogP contribution in [-0.4, -0.2) is 64.4 Å². The Kier molecular flexibility index (Phi) is 8.52. The highest BCUT2D eigenvalue weighted by atomic mass is 35.5. The summed E-state index contributed by atoms with van der Waals surface area (Å²) in [5.41, 5.74) is 0.388. The van der Waals surface area contributed by atoms with E-state index in [1.54, 1.807) is 0 Å². The molecule has 0 aliphatic carbocycles. The number of carbonyl (C=O) groups is 2. The number of rotatable bonds is 10. The third-order valence-corrected chi connectivity index (χ3v) is 4.74. The van der Waals surface area contributed by atoms with E-state index in [4.69, 9.17) is 31.3 Å². The van der Waals surface area contributed by atoms with Crippen molar-refractivity contribution < 1.29 is 34.4 Å². The molecule has 0 radical (unpaired) electrons. The molecule has 2 aromatic rings. The molecule has 1 heterocycles. The third kappa shape index (κ3) is 6.79. The molecule has 1 aromatic heterocycles. The monoisotopic (exact) mass is 442 g/mol. The smallest absolute Gasteiger partial charge is 0.337 e. The summed E-state index contributed by atoms with van der Waals surface area (Å²) in [5, 5.41) is 30.4. The quantitative estimate of drug-likeness (QED) is 0.406. The molecular weight excluding hydrogens is 424 g/mol. The van der Waals surface area contributed by atoms with Crippen LogP contribution in [-0.2, 0) is 4.79 Å². The molecule has 11 heteroatoms. The van der Waals surface area contributed by atoms with Crippen molar-refractivity contribution in [2.45, 2.75) is 11.1 Å². The lowest BCUT2D eigenvalue weighted by atomic mass is 10.2. The van der Waals surface area contributed by atoms with Crippen LogP contribution in [0.5, 0.6) is 11.5 Å². The highest BCUT2D eigenvalue weighted by Crippen LogP contribution is 2.36. The summed E-state index contributed by atoms with van der Waals surface area (Å²) >= 11 is 7.28. The third-order valence-electron chi connectivity index (χ3n) is 3.50. The highest BCUT2D eigenvalue weighted by molar-refractivity contribution is 7.99. The number of amides is 1.